The highest BCUT2D eigenvalue weighted by molar-refractivity contribution is 7.14. The van der Waals surface area contributed by atoms with E-state index in [2.05, 4.69) is 16.0 Å². The molecule has 8 heteroatoms. The lowest BCUT2D eigenvalue weighted by Crippen LogP contribution is -2.42. The number of aromatic amines is 1. The summed E-state index contributed by atoms with van der Waals surface area (Å²) in [6.45, 7) is 0.107. The monoisotopic (exact) mass is 457 g/mol. The summed E-state index contributed by atoms with van der Waals surface area (Å²) in [4.78, 5) is 22.8. The van der Waals surface area contributed by atoms with Crippen molar-refractivity contribution in [2.75, 3.05) is 13.1 Å². The number of aromatic nitrogens is 2. The fourth-order valence-corrected chi connectivity index (χ4v) is 5.11. The molecule has 2 aromatic heterocycles. The molecule has 3 heterocycles. The summed E-state index contributed by atoms with van der Waals surface area (Å²) < 4.78 is 26.8. The Kier molecular flexibility index (Phi) is 5.02. The van der Waals surface area contributed by atoms with Crippen molar-refractivity contribution in [1.29, 1.82) is 0 Å². The Bertz CT molecular complexity index is 1270. The van der Waals surface area contributed by atoms with Crippen LogP contribution in [0.25, 0.3) is 32.6 Å². The van der Waals surface area contributed by atoms with Crippen LogP contribution in [-0.2, 0) is 0 Å². The molecule has 0 aliphatic carbocycles. The molecule has 0 saturated carbocycles. The van der Waals surface area contributed by atoms with Gasteiger partial charge in [0.15, 0.2) is 0 Å². The lowest BCUT2D eigenvalue weighted by atomic mass is 10.0. The SMILES string of the molecule is O=C(c1ccc(-c2csc(-c3cccc4[nH]cnc34)c2)c(Cl)c1)N1CCC(F)(F)CC1. The van der Waals surface area contributed by atoms with Gasteiger partial charge < -0.3 is 9.88 Å². The van der Waals surface area contributed by atoms with Crippen LogP contribution in [0.15, 0.2) is 54.2 Å². The predicted octanol–water partition coefficient (Wildman–Crippen LogP) is 6.48. The van der Waals surface area contributed by atoms with E-state index in [-0.39, 0.29) is 31.8 Å². The number of amides is 1. The number of imidazole rings is 1. The van der Waals surface area contributed by atoms with Gasteiger partial charge in [0, 0.05) is 52.5 Å². The van der Waals surface area contributed by atoms with E-state index in [1.54, 1.807) is 29.8 Å². The number of likely N-dealkylation sites (tertiary alicyclic amines) is 1. The van der Waals surface area contributed by atoms with Crippen molar-refractivity contribution < 1.29 is 13.6 Å². The molecule has 0 spiro atoms. The number of thiophene rings is 1. The van der Waals surface area contributed by atoms with E-state index in [9.17, 15) is 13.6 Å². The molecule has 1 aliphatic heterocycles. The summed E-state index contributed by atoms with van der Waals surface area (Å²) in [6.07, 6.45) is 1.08. The Morgan fingerprint density at radius 1 is 1.13 bits per heavy atom. The molecule has 0 unspecified atom stereocenters. The first kappa shape index (κ1) is 20.2. The maximum Gasteiger partial charge on any atom is 0.253 e. The maximum absolute atomic E-state index is 13.4. The lowest BCUT2D eigenvalue weighted by Gasteiger charge is -2.31. The van der Waals surface area contributed by atoms with Crippen molar-refractivity contribution in [1.82, 2.24) is 14.9 Å². The minimum absolute atomic E-state index is 0.0534. The topological polar surface area (TPSA) is 49.0 Å². The molecule has 0 atom stereocenters. The third kappa shape index (κ3) is 3.83. The third-order valence-corrected chi connectivity index (χ3v) is 6.90. The number of nitrogens with one attached hydrogen (secondary N) is 1. The van der Waals surface area contributed by atoms with Gasteiger partial charge in [-0.05, 0) is 35.2 Å². The molecule has 1 aliphatic rings. The van der Waals surface area contributed by atoms with Crippen molar-refractivity contribution in [3.8, 4) is 21.6 Å². The van der Waals surface area contributed by atoms with E-state index < -0.39 is 5.92 Å². The molecular formula is C23H18ClF2N3OS. The number of para-hydroxylation sites is 1. The van der Waals surface area contributed by atoms with E-state index in [1.165, 1.54) is 4.90 Å². The van der Waals surface area contributed by atoms with Crippen molar-refractivity contribution in [2.45, 2.75) is 18.8 Å². The number of carbonyl (C=O) groups excluding carboxylic acids is 1. The van der Waals surface area contributed by atoms with Gasteiger partial charge in [0.1, 0.15) is 0 Å². The van der Waals surface area contributed by atoms with E-state index in [0.717, 1.165) is 32.6 Å². The van der Waals surface area contributed by atoms with Crippen molar-refractivity contribution in [3.63, 3.8) is 0 Å². The van der Waals surface area contributed by atoms with Crippen molar-refractivity contribution in [3.05, 3.63) is 64.8 Å². The number of alkyl halides is 2. The summed E-state index contributed by atoms with van der Waals surface area (Å²) in [6, 6.07) is 13.2. The number of rotatable bonds is 3. The molecule has 1 saturated heterocycles. The van der Waals surface area contributed by atoms with Crippen molar-refractivity contribution in [2.24, 2.45) is 0 Å². The summed E-state index contributed by atoms with van der Waals surface area (Å²) >= 11 is 8.12. The second-order valence-corrected chi connectivity index (χ2v) is 8.97. The zero-order valence-corrected chi connectivity index (χ0v) is 17.9. The van der Waals surface area contributed by atoms with Crippen LogP contribution in [0.1, 0.15) is 23.2 Å². The van der Waals surface area contributed by atoms with Crippen LogP contribution < -0.4 is 0 Å². The summed E-state index contributed by atoms with van der Waals surface area (Å²) in [5.74, 6) is -2.95. The molecular weight excluding hydrogens is 440 g/mol. The lowest BCUT2D eigenvalue weighted by molar-refractivity contribution is -0.0494. The van der Waals surface area contributed by atoms with Gasteiger partial charge in [0.25, 0.3) is 11.8 Å². The summed E-state index contributed by atoms with van der Waals surface area (Å²) in [5.41, 5.74) is 5.11. The number of fused-ring (bicyclic) bond motifs is 1. The largest absolute Gasteiger partial charge is 0.345 e. The van der Waals surface area contributed by atoms with Gasteiger partial charge in [-0.25, -0.2) is 13.8 Å². The molecule has 1 fully saturated rings. The number of H-pyrrole nitrogens is 1. The Balaban J connectivity index is 1.40. The van der Waals surface area contributed by atoms with E-state index in [0.29, 0.717) is 10.6 Å². The molecule has 0 radical (unpaired) electrons. The van der Waals surface area contributed by atoms with Gasteiger partial charge >= 0.3 is 0 Å². The Morgan fingerprint density at radius 3 is 2.71 bits per heavy atom. The first-order valence-electron chi connectivity index (χ1n) is 9.89. The Hall–Kier alpha value is -2.77. The Morgan fingerprint density at radius 2 is 1.94 bits per heavy atom. The molecule has 5 rings (SSSR count). The summed E-state index contributed by atoms with van der Waals surface area (Å²) in [5, 5.41) is 2.48. The normalized spacial score (nSPS) is 16.0. The van der Waals surface area contributed by atoms with Gasteiger partial charge in [0.2, 0.25) is 0 Å². The fraction of sp³-hybridized carbons (Fsp3) is 0.217. The molecule has 4 nitrogen and oxygen atoms in total. The van der Waals surface area contributed by atoms with Crippen LogP contribution in [0.3, 0.4) is 0 Å². The van der Waals surface area contributed by atoms with Crippen LogP contribution in [0.2, 0.25) is 5.02 Å². The molecule has 0 bridgehead atoms. The molecule has 1 N–H and O–H groups in total. The summed E-state index contributed by atoms with van der Waals surface area (Å²) in [7, 11) is 0. The minimum atomic E-state index is -2.69. The number of carbonyl (C=O) groups is 1. The average molecular weight is 458 g/mol. The molecule has 31 heavy (non-hydrogen) atoms. The van der Waals surface area contributed by atoms with Gasteiger partial charge in [-0.3, -0.25) is 4.79 Å². The highest BCUT2D eigenvalue weighted by atomic mass is 35.5. The standard InChI is InChI=1S/C23H18ClF2N3OS/c24-18-10-14(22(30)29-8-6-23(25,26)7-9-29)4-5-16(18)15-11-20(31-12-15)17-2-1-3-19-21(17)28-13-27-19/h1-5,10-13H,6-9H2,(H,27,28). The maximum atomic E-state index is 13.4. The van der Waals surface area contributed by atoms with E-state index in [4.69, 9.17) is 11.6 Å². The first-order chi connectivity index (χ1) is 14.9. The molecule has 158 valence electrons. The highest BCUT2D eigenvalue weighted by Crippen LogP contribution is 2.38. The highest BCUT2D eigenvalue weighted by Gasteiger charge is 2.35. The zero-order chi connectivity index (χ0) is 21.6. The van der Waals surface area contributed by atoms with Crippen LogP contribution in [-0.4, -0.2) is 39.8 Å². The van der Waals surface area contributed by atoms with Gasteiger partial charge in [-0.15, -0.1) is 11.3 Å². The molecule has 4 aromatic rings. The van der Waals surface area contributed by atoms with Crippen LogP contribution in [0.5, 0.6) is 0 Å². The fourth-order valence-electron chi connectivity index (χ4n) is 3.88. The number of halogens is 3. The predicted molar refractivity (Wildman–Crippen MR) is 120 cm³/mol. The number of piperidine rings is 1. The average Bonchev–Trinajstić information content (AvgIpc) is 3.43. The second-order valence-electron chi connectivity index (χ2n) is 7.65. The second kappa shape index (κ2) is 7.73. The van der Waals surface area contributed by atoms with Crippen LogP contribution >= 0.6 is 22.9 Å². The van der Waals surface area contributed by atoms with E-state index in [1.807, 2.05) is 29.6 Å². The third-order valence-electron chi connectivity index (χ3n) is 5.62. The zero-order valence-electron chi connectivity index (χ0n) is 16.4. The van der Waals surface area contributed by atoms with Crippen LogP contribution in [0.4, 0.5) is 8.78 Å². The first-order valence-corrected chi connectivity index (χ1v) is 11.2. The van der Waals surface area contributed by atoms with Gasteiger partial charge in [-0.1, -0.05) is 29.8 Å². The van der Waals surface area contributed by atoms with E-state index >= 15 is 0 Å². The number of hydrogen-bond donors (Lipinski definition) is 1. The smallest absolute Gasteiger partial charge is 0.253 e. The number of benzene rings is 2. The molecule has 2 aromatic carbocycles. The van der Waals surface area contributed by atoms with Crippen molar-refractivity contribution >= 4 is 39.9 Å². The number of hydrogen-bond acceptors (Lipinski definition) is 3. The van der Waals surface area contributed by atoms with Gasteiger partial charge in [0.05, 0.1) is 17.4 Å². The van der Waals surface area contributed by atoms with Gasteiger partial charge in [-0.2, -0.15) is 0 Å². The minimum Gasteiger partial charge on any atom is -0.345 e. The number of nitrogens with zero attached hydrogens (tertiary/aromatic N) is 2. The Labute approximate surface area is 186 Å². The van der Waals surface area contributed by atoms with Crippen LogP contribution in [0, 0.1) is 0 Å². The quantitative estimate of drug-likeness (QED) is 0.382. The molecule has 1 amide bonds.